The van der Waals surface area contributed by atoms with E-state index < -0.39 is 6.04 Å². The summed E-state index contributed by atoms with van der Waals surface area (Å²) in [5.41, 5.74) is 3.27. The maximum absolute atomic E-state index is 13.0. The molecule has 1 heterocycles. The van der Waals surface area contributed by atoms with Gasteiger partial charge in [-0.2, -0.15) is 0 Å². The lowest BCUT2D eigenvalue weighted by atomic mass is 10.1. The van der Waals surface area contributed by atoms with Crippen molar-refractivity contribution in [1.82, 2.24) is 15.5 Å². The second-order valence-electron chi connectivity index (χ2n) is 8.50. The Kier molecular flexibility index (Phi) is 7.30. The lowest BCUT2D eigenvalue weighted by molar-refractivity contribution is -0.131. The summed E-state index contributed by atoms with van der Waals surface area (Å²) in [6.07, 6.45) is 3.24. The van der Waals surface area contributed by atoms with Gasteiger partial charge in [0.05, 0.1) is 0 Å². The van der Waals surface area contributed by atoms with Gasteiger partial charge < -0.3 is 15.5 Å². The fourth-order valence-electron chi connectivity index (χ4n) is 4.11. The van der Waals surface area contributed by atoms with E-state index >= 15 is 0 Å². The molecule has 0 aromatic heterocycles. The van der Waals surface area contributed by atoms with Crippen LogP contribution < -0.4 is 10.6 Å². The maximum atomic E-state index is 13.0. The van der Waals surface area contributed by atoms with Gasteiger partial charge >= 0.3 is 0 Å². The van der Waals surface area contributed by atoms with Crippen LogP contribution in [0.15, 0.2) is 54.6 Å². The van der Waals surface area contributed by atoms with Crippen LogP contribution in [0.3, 0.4) is 0 Å². The molecule has 2 aromatic rings. The van der Waals surface area contributed by atoms with E-state index in [1.807, 2.05) is 23.1 Å². The van der Waals surface area contributed by atoms with Crippen LogP contribution in [0.2, 0.25) is 0 Å². The Labute approximate surface area is 189 Å². The van der Waals surface area contributed by atoms with Crippen molar-refractivity contribution >= 4 is 23.6 Å². The van der Waals surface area contributed by atoms with Crippen LogP contribution in [0.4, 0.5) is 0 Å². The summed E-state index contributed by atoms with van der Waals surface area (Å²) in [6, 6.07) is 17.9. The number of amides is 2. The monoisotopic (exact) mass is 437 g/mol. The maximum Gasteiger partial charge on any atom is 0.251 e. The van der Waals surface area contributed by atoms with E-state index in [1.54, 1.807) is 23.9 Å². The molecule has 0 bridgehead atoms. The Morgan fingerprint density at radius 1 is 1.06 bits per heavy atom. The molecule has 2 aromatic carbocycles. The molecule has 2 fully saturated rings. The van der Waals surface area contributed by atoms with Gasteiger partial charge in [0.15, 0.2) is 0 Å². The van der Waals surface area contributed by atoms with Crippen molar-refractivity contribution in [3.05, 3.63) is 71.3 Å². The minimum Gasteiger partial charge on any atom is -0.341 e. The zero-order valence-corrected chi connectivity index (χ0v) is 18.9. The van der Waals surface area contributed by atoms with Gasteiger partial charge in [-0.3, -0.25) is 9.59 Å². The minimum atomic E-state index is -0.496. The molecule has 164 valence electrons. The highest BCUT2D eigenvalue weighted by atomic mass is 32.2. The van der Waals surface area contributed by atoms with Gasteiger partial charge in [-0.25, -0.2) is 0 Å². The molecular formula is C25H31N3O2S. The summed E-state index contributed by atoms with van der Waals surface area (Å²) in [7, 11) is 0. The van der Waals surface area contributed by atoms with Gasteiger partial charge in [0, 0.05) is 42.2 Å². The van der Waals surface area contributed by atoms with Gasteiger partial charge in [-0.15, -0.1) is 11.8 Å². The number of nitrogens with one attached hydrogen (secondary N) is 2. The first-order valence-electron chi connectivity index (χ1n) is 11.1. The van der Waals surface area contributed by atoms with Gasteiger partial charge in [-0.05, 0) is 43.9 Å². The highest BCUT2D eigenvalue weighted by molar-refractivity contribution is 7.99. The molecule has 1 aliphatic heterocycles. The number of likely N-dealkylation sites (tertiary alicyclic amines) is 1. The average Bonchev–Trinajstić information content (AvgIpc) is 3.35. The Bertz CT molecular complexity index is 881. The molecule has 0 radical (unpaired) electrons. The highest BCUT2D eigenvalue weighted by Gasteiger charge is 2.37. The Balaban J connectivity index is 1.27. The molecule has 3 atom stereocenters. The summed E-state index contributed by atoms with van der Waals surface area (Å²) < 4.78 is 0. The zero-order chi connectivity index (χ0) is 21.6. The average molecular weight is 438 g/mol. The SMILES string of the molecule is Cc1ccc([C@@H]2CC2NCSC[C@H](NC(=O)c2ccccc2)C(=O)N2CCCC2)cc1. The molecule has 2 aliphatic rings. The third kappa shape index (κ3) is 5.89. The van der Waals surface area contributed by atoms with Crippen LogP contribution in [-0.2, 0) is 4.79 Å². The summed E-state index contributed by atoms with van der Waals surface area (Å²) in [4.78, 5) is 27.5. The van der Waals surface area contributed by atoms with Crippen molar-refractivity contribution < 1.29 is 9.59 Å². The molecule has 6 heteroatoms. The number of thioether (sulfide) groups is 1. The molecule has 4 rings (SSSR count). The number of hydrogen-bond acceptors (Lipinski definition) is 4. The molecule has 5 nitrogen and oxygen atoms in total. The zero-order valence-electron chi connectivity index (χ0n) is 18.0. The van der Waals surface area contributed by atoms with Crippen molar-refractivity contribution in [1.29, 1.82) is 0 Å². The predicted octanol–water partition coefficient (Wildman–Crippen LogP) is 3.55. The first-order valence-corrected chi connectivity index (χ1v) is 12.3. The van der Waals surface area contributed by atoms with Crippen molar-refractivity contribution in [3.8, 4) is 0 Å². The van der Waals surface area contributed by atoms with E-state index in [9.17, 15) is 9.59 Å². The van der Waals surface area contributed by atoms with Crippen molar-refractivity contribution in [2.45, 2.75) is 44.2 Å². The largest absolute Gasteiger partial charge is 0.341 e. The third-order valence-corrected chi connectivity index (χ3v) is 7.03. The number of aryl methyl sites for hydroxylation is 1. The lowest BCUT2D eigenvalue weighted by Gasteiger charge is -2.24. The first-order chi connectivity index (χ1) is 15.1. The number of nitrogens with zero attached hydrogens (tertiary/aromatic N) is 1. The summed E-state index contributed by atoms with van der Waals surface area (Å²) in [5, 5.41) is 6.57. The molecule has 31 heavy (non-hydrogen) atoms. The summed E-state index contributed by atoms with van der Waals surface area (Å²) >= 11 is 1.68. The van der Waals surface area contributed by atoms with Crippen molar-refractivity contribution in [2.75, 3.05) is 24.7 Å². The number of rotatable bonds is 9. The molecule has 2 N–H and O–H groups in total. The lowest BCUT2D eigenvalue weighted by Crippen LogP contribution is -2.49. The Hall–Kier alpha value is -2.31. The number of benzene rings is 2. The predicted molar refractivity (Wildman–Crippen MR) is 126 cm³/mol. The van der Waals surface area contributed by atoms with Crippen LogP contribution >= 0.6 is 11.8 Å². The number of hydrogen-bond donors (Lipinski definition) is 2. The normalized spacial score (nSPS) is 21.0. The second-order valence-corrected chi connectivity index (χ2v) is 9.53. The van der Waals surface area contributed by atoms with Crippen molar-refractivity contribution in [3.63, 3.8) is 0 Å². The fraction of sp³-hybridized carbons (Fsp3) is 0.440. The molecule has 2 amide bonds. The van der Waals surface area contributed by atoms with Crippen LogP contribution in [0.5, 0.6) is 0 Å². The summed E-state index contributed by atoms with van der Waals surface area (Å²) in [6.45, 7) is 3.69. The second kappa shape index (κ2) is 10.3. The smallest absolute Gasteiger partial charge is 0.251 e. The van der Waals surface area contributed by atoms with E-state index in [0.29, 0.717) is 23.3 Å². The first kappa shape index (κ1) is 21.9. The van der Waals surface area contributed by atoms with Gasteiger partial charge in [0.2, 0.25) is 5.91 Å². The quantitative estimate of drug-likeness (QED) is 0.465. The van der Waals surface area contributed by atoms with E-state index in [1.165, 1.54) is 11.1 Å². The molecule has 1 unspecified atom stereocenters. The minimum absolute atomic E-state index is 0.0400. The van der Waals surface area contributed by atoms with Crippen LogP contribution in [0, 0.1) is 6.92 Å². The van der Waals surface area contributed by atoms with Gasteiger partial charge in [-0.1, -0.05) is 48.0 Å². The van der Waals surface area contributed by atoms with E-state index in [4.69, 9.17) is 0 Å². The van der Waals surface area contributed by atoms with E-state index in [-0.39, 0.29) is 11.8 Å². The van der Waals surface area contributed by atoms with Gasteiger partial charge in [0.1, 0.15) is 6.04 Å². The highest BCUT2D eigenvalue weighted by Crippen LogP contribution is 2.40. The molecule has 1 saturated carbocycles. The third-order valence-electron chi connectivity index (χ3n) is 6.09. The van der Waals surface area contributed by atoms with E-state index in [0.717, 1.165) is 38.2 Å². The van der Waals surface area contributed by atoms with Crippen molar-refractivity contribution in [2.24, 2.45) is 0 Å². The van der Waals surface area contributed by atoms with Crippen LogP contribution in [0.1, 0.15) is 46.7 Å². The van der Waals surface area contributed by atoms with Crippen LogP contribution in [0.25, 0.3) is 0 Å². The topological polar surface area (TPSA) is 61.4 Å². The number of carbonyl (C=O) groups is 2. The van der Waals surface area contributed by atoms with Gasteiger partial charge in [0.25, 0.3) is 5.91 Å². The van der Waals surface area contributed by atoms with E-state index in [2.05, 4.69) is 41.8 Å². The number of carbonyl (C=O) groups excluding carboxylic acids is 2. The fourth-order valence-corrected chi connectivity index (χ4v) is 5.02. The molecule has 1 aliphatic carbocycles. The molecular weight excluding hydrogens is 406 g/mol. The Morgan fingerprint density at radius 2 is 1.77 bits per heavy atom. The Morgan fingerprint density at radius 3 is 2.48 bits per heavy atom. The van der Waals surface area contributed by atoms with Crippen LogP contribution in [-0.4, -0.2) is 53.5 Å². The summed E-state index contributed by atoms with van der Waals surface area (Å²) in [5.74, 6) is 1.79. The standard InChI is InChI=1S/C25H31N3O2S/c1-18-9-11-19(12-10-18)21-15-22(21)26-17-31-16-23(25(30)28-13-5-6-14-28)27-24(29)20-7-3-2-4-8-20/h2-4,7-12,21-23,26H,5-6,13-17H2,1H3,(H,27,29)/t21-,22?,23-/m0/s1. The molecule has 0 spiro atoms. The molecule has 1 saturated heterocycles.